The fraction of sp³-hybridized carbons (Fsp3) is 0. The lowest BCUT2D eigenvalue weighted by Crippen LogP contribution is -2.10. The van der Waals surface area contributed by atoms with E-state index in [9.17, 15) is 9.59 Å². The minimum Gasteiger partial charge on any atom is -0.366 e. The van der Waals surface area contributed by atoms with E-state index >= 15 is 0 Å². The van der Waals surface area contributed by atoms with Crippen LogP contribution in [0.5, 0.6) is 0 Å². The summed E-state index contributed by atoms with van der Waals surface area (Å²) in [5.41, 5.74) is 6.79. The maximum absolute atomic E-state index is 11.8. The van der Waals surface area contributed by atoms with Gasteiger partial charge in [0.1, 0.15) is 5.69 Å². The Bertz CT molecular complexity index is 616. The topological polar surface area (TPSA) is 73.1 Å². The monoisotopic (exact) mass is 252 g/mol. The summed E-state index contributed by atoms with van der Waals surface area (Å²) in [6, 6.07) is 11.9. The van der Waals surface area contributed by atoms with Gasteiger partial charge in [0.2, 0.25) is 11.7 Å². The van der Waals surface area contributed by atoms with Crippen LogP contribution in [0.3, 0.4) is 0 Å². The van der Waals surface area contributed by atoms with E-state index in [1.165, 1.54) is 6.08 Å². The maximum atomic E-state index is 11.8. The second-order valence-electron chi connectivity index (χ2n) is 3.90. The summed E-state index contributed by atoms with van der Waals surface area (Å²) >= 11 is 0. The van der Waals surface area contributed by atoms with E-state index in [2.05, 4.69) is 4.98 Å². The molecule has 4 nitrogen and oxygen atoms in total. The molecule has 0 aliphatic rings. The smallest absolute Gasteiger partial charge is 0.248 e. The fourth-order valence-corrected chi connectivity index (χ4v) is 1.52. The van der Waals surface area contributed by atoms with Crippen LogP contribution in [-0.2, 0) is 0 Å². The lowest BCUT2D eigenvalue weighted by atomic mass is 10.1. The van der Waals surface area contributed by atoms with Crippen LogP contribution in [0.15, 0.2) is 54.7 Å². The molecule has 0 fully saturated rings. The Labute approximate surface area is 110 Å². The number of hydrogen-bond donors (Lipinski definition) is 1. The molecule has 19 heavy (non-hydrogen) atoms. The molecule has 0 atom stereocenters. The number of ketones is 1. The van der Waals surface area contributed by atoms with E-state index in [1.807, 2.05) is 0 Å². The van der Waals surface area contributed by atoms with Crippen LogP contribution in [0.25, 0.3) is 6.08 Å². The van der Waals surface area contributed by atoms with Gasteiger partial charge in [0.05, 0.1) is 0 Å². The molecule has 1 aromatic carbocycles. The molecule has 0 radical (unpaired) electrons. The number of primary amides is 1. The molecule has 1 heterocycles. The number of amides is 1. The number of aromatic nitrogens is 1. The predicted molar refractivity (Wildman–Crippen MR) is 72.6 cm³/mol. The number of pyridine rings is 1. The van der Waals surface area contributed by atoms with Gasteiger partial charge in [-0.15, -0.1) is 0 Å². The number of carbonyl (C=O) groups excluding carboxylic acids is 2. The molecular formula is C15H12N2O2. The van der Waals surface area contributed by atoms with E-state index in [0.29, 0.717) is 11.3 Å². The number of rotatable bonds is 4. The molecule has 0 bridgehead atoms. The standard InChI is InChI=1S/C15H12N2O2/c16-15(19)12-7-4-11(5-8-12)6-9-14(18)13-3-1-2-10-17-13/h1-10H,(H2,16,19)/b9-6+. The van der Waals surface area contributed by atoms with Crippen molar-refractivity contribution < 1.29 is 9.59 Å². The average Bonchev–Trinajstić information content (AvgIpc) is 2.46. The summed E-state index contributed by atoms with van der Waals surface area (Å²) < 4.78 is 0. The minimum absolute atomic E-state index is 0.167. The van der Waals surface area contributed by atoms with Crippen LogP contribution in [0.2, 0.25) is 0 Å². The highest BCUT2D eigenvalue weighted by Gasteiger charge is 2.02. The molecule has 0 saturated carbocycles. The third-order valence-corrected chi connectivity index (χ3v) is 2.54. The number of nitrogens with two attached hydrogens (primary N) is 1. The van der Waals surface area contributed by atoms with Crippen LogP contribution >= 0.6 is 0 Å². The third kappa shape index (κ3) is 3.35. The van der Waals surface area contributed by atoms with Crippen molar-refractivity contribution in [1.82, 2.24) is 4.98 Å². The van der Waals surface area contributed by atoms with E-state index in [4.69, 9.17) is 5.73 Å². The zero-order valence-electron chi connectivity index (χ0n) is 10.1. The molecule has 2 aromatic rings. The molecular weight excluding hydrogens is 240 g/mol. The van der Waals surface area contributed by atoms with Crippen molar-refractivity contribution in [3.05, 3.63) is 71.6 Å². The van der Waals surface area contributed by atoms with Crippen molar-refractivity contribution in [3.63, 3.8) is 0 Å². The van der Waals surface area contributed by atoms with Crippen molar-refractivity contribution in [2.75, 3.05) is 0 Å². The molecule has 1 amide bonds. The number of allylic oxidation sites excluding steroid dienone is 1. The molecule has 2 N–H and O–H groups in total. The highest BCUT2D eigenvalue weighted by molar-refractivity contribution is 6.05. The Morgan fingerprint density at radius 1 is 1.05 bits per heavy atom. The first kappa shape index (κ1) is 12.7. The van der Waals surface area contributed by atoms with Gasteiger partial charge in [-0.2, -0.15) is 0 Å². The molecule has 1 aromatic heterocycles. The number of hydrogen-bond acceptors (Lipinski definition) is 3. The zero-order chi connectivity index (χ0) is 13.7. The van der Waals surface area contributed by atoms with Crippen molar-refractivity contribution >= 4 is 17.8 Å². The van der Waals surface area contributed by atoms with Gasteiger partial charge in [0.25, 0.3) is 0 Å². The second-order valence-corrected chi connectivity index (χ2v) is 3.90. The quantitative estimate of drug-likeness (QED) is 0.668. The van der Waals surface area contributed by atoms with Gasteiger partial charge in [-0.1, -0.05) is 24.3 Å². The van der Waals surface area contributed by atoms with Gasteiger partial charge >= 0.3 is 0 Å². The predicted octanol–water partition coefficient (Wildman–Crippen LogP) is 2.08. The first-order valence-corrected chi connectivity index (χ1v) is 5.70. The van der Waals surface area contributed by atoms with Gasteiger partial charge in [0.15, 0.2) is 0 Å². The second kappa shape index (κ2) is 5.73. The summed E-state index contributed by atoms with van der Waals surface area (Å²) in [5.74, 6) is -0.639. The SMILES string of the molecule is NC(=O)c1ccc(/C=C/C(=O)c2ccccn2)cc1. The van der Waals surface area contributed by atoms with E-state index in [1.54, 1.807) is 54.7 Å². The summed E-state index contributed by atoms with van der Waals surface area (Å²) in [7, 11) is 0. The van der Waals surface area contributed by atoms with Crippen molar-refractivity contribution in [2.24, 2.45) is 5.73 Å². The van der Waals surface area contributed by atoms with Gasteiger partial charge in [-0.25, -0.2) is 0 Å². The molecule has 4 heteroatoms. The van der Waals surface area contributed by atoms with Crippen LogP contribution in [0.4, 0.5) is 0 Å². The summed E-state index contributed by atoms with van der Waals surface area (Å²) in [6.45, 7) is 0. The minimum atomic E-state index is -0.472. The molecule has 0 unspecified atom stereocenters. The van der Waals surface area contributed by atoms with Crippen molar-refractivity contribution in [3.8, 4) is 0 Å². The largest absolute Gasteiger partial charge is 0.366 e. The number of carbonyl (C=O) groups is 2. The van der Waals surface area contributed by atoms with E-state index < -0.39 is 5.91 Å². The summed E-state index contributed by atoms with van der Waals surface area (Å²) in [4.78, 5) is 26.6. The van der Waals surface area contributed by atoms with Crippen molar-refractivity contribution in [1.29, 1.82) is 0 Å². The van der Waals surface area contributed by atoms with Gasteiger partial charge in [0, 0.05) is 11.8 Å². The third-order valence-electron chi connectivity index (χ3n) is 2.54. The molecule has 0 aliphatic heterocycles. The molecule has 94 valence electrons. The van der Waals surface area contributed by atoms with Gasteiger partial charge < -0.3 is 5.73 Å². The van der Waals surface area contributed by atoms with Crippen LogP contribution in [0.1, 0.15) is 26.4 Å². The molecule has 0 spiro atoms. The fourth-order valence-electron chi connectivity index (χ4n) is 1.52. The molecule has 2 rings (SSSR count). The first-order valence-electron chi connectivity index (χ1n) is 5.70. The normalized spacial score (nSPS) is 10.5. The first-order chi connectivity index (χ1) is 9.16. The van der Waals surface area contributed by atoms with Crippen LogP contribution in [-0.4, -0.2) is 16.7 Å². The van der Waals surface area contributed by atoms with Crippen LogP contribution < -0.4 is 5.73 Å². The van der Waals surface area contributed by atoms with Gasteiger partial charge in [-0.3, -0.25) is 14.6 Å². The Hall–Kier alpha value is -2.75. The lowest BCUT2D eigenvalue weighted by Gasteiger charge is -1.97. The Morgan fingerprint density at radius 3 is 2.37 bits per heavy atom. The Balaban J connectivity index is 2.10. The highest BCUT2D eigenvalue weighted by atomic mass is 16.1. The molecule has 0 saturated heterocycles. The zero-order valence-corrected chi connectivity index (χ0v) is 10.1. The number of nitrogens with zero attached hydrogens (tertiary/aromatic N) is 1. The van der Waals surface area contributed by atoms with Crippen molar-refractivity contribution in [2.45, 2.75) is 0 Å². The summed E-state index contributed by atoms with van der Waals surface area (Å²) in [6.07, 6.45) is 4.69. The summed E-state index contributed by atoms with van der Waals surface area (Å²) in [5, 5.41) is 0. The average molecular weight is 252 g/mol. The Morgan fingerprint density at radius 2 is 1.79 bits per heavy atom. The highest BCUT2D eigenvalue weighted by Crippen LogP contribution is 2.07. The van der Waals surface area contributed by atoms with Crippen LogP contribution in [0, 0.1) is 0 Å². The molecule has 0 aliphatic carbocycles. The Kier molecular flexibility index (Phi) is 3.83. The van der Waals surface area contributed by atoms with E-state index in [0.717, 1.165) is 5.56 Å². The number of benzene rings is 1. The van der Waals surface area contributed by atoms with E-state index in [-0.39, 0.29) is 5.78 Å². The lowest BCUT2D eigenvalue weighted by molar-refractivity contribution is 0.0998. The van der Waals surface area contributed by atoms with Gasteiger partial charge in [-0.05, 0) is 35.9 Å². The maximum Gasteiger partial charge on any atom is 0.248 e.